The molecule has 0 spiro atoms. The Hall–Kier alpha value is -0.370. The van der Waals surface area contributed by atoms with Crippen LogP contribution in [0.1, 0.15) is 33.1 Å². The average Bonchev–Trinajstić information content (AvgIpc) is 2.39. The largest absolute Gasteiger partial charge is 0.314 e. The summed E-state index contributed by atoms with van der Waals surface area (Å²) in [6, 6.07) is 0.548. The summed E-state index contributed by atoms with van der Waals surface area (Å²) in [5.74, 6) is 0. The Labute approximate surface area is 68.4 Å². The van der Waals surface area contributed by atoms with E-state index in [1.54, 1.807) is 0 Å². The molecule has 0 amide bonds. The smallest absolute Gasteiger partial charge is 0.204 e. The maximum Gasteiger partial charge on any atom is 0.204 e. The highest BCUT2D eigenvalue weighted by Gasteiger charge is 2.25. The van der Waals surface area contributed by atoms with Crippen molar-refractivity contribution >= 4 is 6.29 Å². The Morgan fingerprint density at radius 3 is 2.82 bits per heavy atom. The van der Waals surface area contributed by atoms with Crippen LogP contribution in [0.25, 0.3) is 0 Å². The summed E-state index contributed by atoms with van der Waals surface area (Å²) in [5, 5.41) is 3.37. The molecule has 1 radical (unpaired) electrons. The molecule has 2 nitrogen and oxygen atoms in total. The van der Waals surface area contributed by atoms with E-state index < -0.39 is 0 Å². The van der Waals surface area contributed by atoms with Gasteiger partial charge < -0.3 is 5.32 Å². The molecule has 1 atom stereocenters. The average molecular weight is 154 g/mol. The van der Waals surface area contributed by atoms with Crippen molar-refractivity contribution in [1.29, 1.82) is 0 Å². The zero-order chi connectivity index (χ0) is 8.32. The van der Waals surface area contributed by atoms with Crippen LogP contribution < -0.4 is 5.32 Å². The normalized spacial score (nSPS) is 25.5. The molecule has 0 saturated carbocycles. The first kappa shape index (κ1) is 8.72. The van der Waals surface area contributed by atoms with Crippen LogP contribution in [0.4, 0.5) is 0 Å². The van der Waals surface area contributed by atoms with Crippen molar-refractivity contribution in [2.45, 2.75) is 39.2 Å². The van der Waals surface area contributed by atoms with Gasteiger partial charge in [0.15, 0.2) is 0 Å². The lowest BCUT2D eigenvalue weighted by atomic mass is 9.87. The molecule has 11 heavy (non-hydrogen) atoms. The first-order chi connectivity index (χ1) is 5.14. The molecule has 1 saturated heterocycles. The van der Waals surface area contributed by atoms with Gasteiger partial charge >= 0.3 is 0 Å². The third-order valence-corrected chi connectivity index (χ3v) is 2.20. The third kappa shape index (κ3) is 2.62. The van der Waals surface area contributed by atoms with Crippen LogP contribution in [0.15, 0.2) is 0 Å². The van der Waals surface area contributed by atoms with Gasteiger partial charge in [0.1, 0.15) is 0 Å². The van der Waals surface area contributed by atoms with E-state index in [1.807, 2.05) is 13.8 Å². The van der Waals surface area contributed by atoms with Gasteiger partial charge in [0.25, 0.3) is 0 Å². The van der Waals surface area contributed by atoms with Crippen LogP contribution >= 0.6 is 0 Å². The van der Waals surface area contributed by atoms with Crippen molar-refractivity contribution < 1.29 is 4.79 Å². The second-order valence-corrected chi connectivity index (χ2v) is 3.98. The SMILES string of the molecule is CC(C)([C]=O)CC1CCCN1. The molecule has 63 valence electrons. The molecular weight excluding hydrogens is 138 g/mol. The van der Waals surface area contributed by atoms with Crippen LogP contribution in [0.2, 0.25) is 0 Å². The van der Waals surface area contributed by atoms with E-state index in [1.165, 1.54) is 12.8 Å². The van der Waals surface area contributed by atoms with Gasteiger partial charge in [-0.05, 0) is 25.8 Å². The van der Waals surface area contributed by atoms with Gasteiger partial charge in [0.05, 0.1) is 0 Å². The lowest BCUT2D eigenvalue weighted by molar-refractivity contribution is 0.372. The summed E-state index contributed by atoms with van der Waals surface area (Å²) in [6.45, 7) is 5.00. The van der Waals surface area contributed by atoms with Gasteiger partial charge in [-0.3, -0.25) is 4.79 Å². The van der Waals surface area contributed by atoms with Gasteiger partial charge in [0.2, 0.25) is 6.29 Å². The molecule has 1 unspecified atom stereocenters. The topological polar surface area (TPSA) is 29.1 Å². The Kier molecular flexibility index (Phi) is 2.66. The molecule has 0 aromatic heterocycles. The van der Waals surface area contributed by atoms with Gasteiger partial charge in [-0.1, -0.05) is 13.8 Å². The van der Waals surface area contributed by atoms with Crippen LogP contribution in [0.3, 0.4) is 0 Å². The van der Waals surface area contributed by atoms with E-state index in [9.17, 15) is 4.79 Å². The first-order valence-corrected chi connectivity index (χ1v) is 4.27. The quantitative estimate of drug-likeness (QED) is 0.663. The van der Waals surface area contributed by atoms with E-state index in [0.717, 1.165) is 13.0 Å². The van der Waals surface area contributed by atoms with Crippen LogP contribution in [-0.2, 0) is 4.79 Å². The van der Waals surface area contributed by atoms with Crippen molar-refractivity contribution in [3.8, 4) is 0 Å². The highest BCUT2D eigenvalue weighted by atomic mass is 16.1. The van der Waals surface area contributed by atoms with Crippen molar-refractivity contribution in [3.63, 3.8) is 0 Å². The number of nitrogens with one attached hydrogen (secondary N) is 1. The fourth-order valence-electron chi connectivity index (χ4n) is 1.59. The third-order valence-electron chi connectivity index (χ3n) is 2.20. The number of hydrogen-bond acceptors (Lipinski definition) is 2. The summed E-state index contributed by atoms with van der Waals surface area (Å²) in [6.07, 6.45) is 5.47. The maximum absolute atomic E-state index is 10.5. The minimum atomic E-state index is -0.262. The van der Waals surface area contributed by atoms with Crippen molar-refractivity contribution in [1.82, 2.24) is 5.32 Å². The highest BCUT2D eigenvalue weighted by molar-refractivity contribution is 5.58. The molecule has 0 bridgehead atoms. The summed E-state index contributed by atoms with van der Waals surface area (Å²) in [4.78, 5) is 10.5. The highest BCUT2D eigenvalue weighted by Crippen LogP contribution is 2.23. The van der Waals surface area contributed by atoms with E-state index >= 15 is 0 Å². The lowest BCUT2D eigenvalue weighted by Crippen LogP contribution is -2.29. The van der Waals surface area contributed by atoms with Gasteiger partial charge in [-0.2, -0.15) is 0 Å². The predicted octanol–water partition coefficient (Wildman–Crippen LogP) is 1.26. The number of hydrogen-bond donors (Lipinski definition) is 1. The summed E-state index contributed by atoms with van der Waals surface area (Å²) in [7, 11) is 0. The van der Waals surface area contributed by atoms with E-state index in [0.29, 0.717) is 6.04 Å². The van der Waals surface area contributed by atoms with Crippen molar-refractivity contribution in [3.05, 3.63) is 0 Å². The molecular formula is C9H16NO. The molecule has 0 aromatic rings. The molecule has 1 aliphatic rings. The number of rotatable bonds is 3. The Morgan fingerprint density at radius 2 is 2.36 bits per heavy atom. The first-order valence-electron chi connectivity index (χ1n) is 4.27. The zero-order valence-corrected chi connectivity index (χ0v) is 7.31. The van der Waals surface area contributed by atoms with Gasteiger partial charge in [-0.25, -0.2) is 0 Å². The Morgan fingerprint density at radius 1 is 1.64 bits per heavy atom. The van der Waals surface area contributed by atoms with Gasteiger partial charge in [-0.15, -0.1) is 0 Å². The molecule has 2 heteroatoms. The number of carbonyl (C=O) groups excluding carboxylic acids is 1. The second-order valence-electron chi connectivity index (χ2n) is 3.98. The standard InChI is InChI=1S/C9H16NO/c1-9(2,7-11)6-8-4-3-5-10-8/h8,10H,3-6H2,1-2H3. The molecule has 1 heterocycles. The molecule has 1 aliphatic heterocycles. The second kappa shape index (κ2) is 3.35. The van der Waals surface area contributed by atoms with E-state index in [4.69, 9.17) is 0 Å². The fourth-order valence-corrected chi connectivity index (χ4v) is 1.59. The summed E-state index contributed by atoms with van der Waals surface area (Å²) in [5.41, 5.74) is -0.262. The van der Waals surface area contributed by atoms with Crippen molar-refractivity contribution in [2.75, 3.05) is 6.54 Å². The molecule has 1 rings (SSSR count). The van der Waals surface area contributed by atoms with E-state index in [2.05, 4.69) is 11.6 Å². The molecule has 0 aromatic carbocycles. The summed E-state index contributed by atoms with van der Waals surface area (Å²) < 4.78 is 0. The van der Waals surface area contributed by atoms with Crippen molar-refractivity contribution in [2.24, 2.45) is 5.41 Å². The Bertz CT molecular complexity index is 136. The predicted molar refractivity (Wildman–Crippen MR) is 45.1 cm³/mol. The minimum absolute atomic E-state index is 0.262. The Balaban J connectivity index is 2.33. The van der Waals surface area contributed by atoms with Crippen LogP contribution in [0.5, 0.6) is 0 Å². The van der Waals surface area contributed by atoms with Gasteiger partial charge in [0, 0.05) is 11.5 Å². The maximum atomic E-state index is 10.5. The zero-order valence-electron chi connectivity index (χ0n) is 7.31. The van der Waals surface area contributed by atoms with E-state index in [-0.39, 0.29) is 5.41 Å². The molecule has 1 fully saturated rings. The molecule has 0 aliphatic carbocycles. The minimum Gasteiger partial charge on any atom is -0.314 e. The fraction of sp³-hybridized carbons (Fsp3) is 0.889. The van der Waals surface area contributed by atoms with Crippen LogP contribution in [0, 0.1) is 5.41 Å². The summed E-state index contributed by atoms with van der Waals surface area (Å²) >= 11 is 0. The monoisotopic (exact) mass is 154 g/mol. The van der Waals surface area contributed by atoms with Crippen LogP contribution in [-0.4, -0.2) is 18.9 Å². The lowest BCUT2D eigenvalue weighted by Gasteiger charge is -2.20. The molecule has 1 N–H and O–H groups in total.